The smallest absolute Gasteiger partial charge is 0.410 e. The highest BCUT2D eigenvalue weighted by Crippen LogP contribution is 2.25. The summed E-state index contributed by atoms with van der Waals surface area (Å²) in [7, 11) is 0. The SMILES string of the molecule is C[C@H]1CN(c2cccc(F)c2C#N)CCN1C(=O)OC(C)(C)C. The summed E-state index contributed by atoms with van der Waals surface area (Å²) in [6.45, 7) is 8.94. The van der Waals surface area contributed by atoms with Crippen LogP contribution < -0.4 is 4.90 Å². The summed E-state index contributed by atoms with van der Waals surface area (Å²) >= 11 is 0. The molecule has 6 heteroatoms. The molecule has 0 saturated carbocycles. The lowest BCUT2D eigenvalue weighted by atomic mass is 10.1. The van der Waals surface area contributed by atoms with Crippen molar-refractivity contribution in [1.82, 2.24) is 4.90 Å². The van der Waals surface area contributed by atoms with Gasteiger partial charge in [-0.05, 0) is 39.8 Å². The number of carbonyl (C=O) groups is 1. The molecule has 1 atom stereocenters. The van der Waals surface area contributed by atoms with Gasteiger partial charge < -0.3 is 14.5 Å². The lowest BCUT2D eigenvalue weighted by molar-refractivity contribution is 0.0159. The molecule has 1 aromatic rings. The molecule has 0 radical (unpaired) electrons. The van der Waals surface area contributed by atoms with E-state index in [0.29, 0.717) is 25.3 Å². The molecule has 0 unspecified atom stereocenters. The summed E-state index contributed by atoms with van der Waals surface area (Å²) in [5.74, 6) is -0.521. The predicted octanol–water partition coefficient (Wildman–Crippen LogP) is 3.14. The van der Waals surface area contributed by atoms with Gasteiger partial charge in [-0.25, -0.2) is 9.18 Å². The van der Waals surface area contributed by atoms with E-state index in [-0.39, 0.29) is 17.7 Å². The number of anilines is 1. The van der Waals surface area contributed by atoms with Gasteiger partial charge in [0.1, 0.15) is 23.1 Å². The maximum atomic E-state index is 13.8. The summed E-state index contributed by atoms with van der Waals surface area (Å²) in [5, 5.41) is 9.16. The molecule has 0 spiro atoms. The molecule has 2 rings (SSSR count). The topological polar surface area (TPSA) is 56.6 Å². The van der Waals surface area contributed by atoms with Crippen LogP contribution in [0.3, 0.4) is 0 Å². The van der Waals surface area contributed by atoms with Crippen LogP contribution in [0.1, 0.15) is 33.3 Å². The van der Waals surface area contributed by atoms with Crippen LogP contribution in [0.2, 0.25) is 0 Å². The first-order valence-corrected chi connectivity index (χ1v) is 7.66. The first-order chi connectivity index (χ1) is 10.7. The van der Waals surface area contributed by atoms with Crippen LogP contribution in [-0.2, 0) is 4.74 Å². The first-order valence-electron chi connectivity index (χ1n) is 7.66. The third-order valence-electron chi connectivity index (χ3n) is 3.70. The van der Waals surface area contributed by atoms with E-state index in [4.69, 9.17) is 10.00 Å². The van der Waals surface area contributed by atoms with Gasteiger partial charge >= 0.3 is 6.09 Å². The predicted molar refractivity (Wildman–Crippen MR) is 85.7 cm³/mol. The van der Waals surface area contributed by atoms with Gasteiger partial charge in [-0.2, -0.15) is 5.26 Å². The quantitative estimate of drug-likeness (QED) is 0.798. The van der Waals surface area contributed by atoms with E-state index in [0.717, 1.165) is 0 Å². The van der Waals surface area contributed by atoms with Gasteiger partial charge in [0.05, 0.1) is 5.69 Å². The Morgan fingerprint density at radius 1 is 1.39 bits per heavy atom. The largest absolute Gasteiger partial charge is 0.444 e. The van der Waals surface area contributed by atoms with Crippen LogP contribution in [0.25, 0.3) is 0 Å². The number of nitrogens with zero attached hydrogens (tertiary/aromatic N) is 3. The zero-order chi connectivity index (χ0) is 17.2. The Kier molecular flexibility index (Phi) is 4.79. The lowest BCUT2D eigenvalue weighted by Gasteiger charge is -2.41. The average Bonchev–Trinajstić information content (AvgIpc) is 2.44. The number of halogens is 1. The van der Waals surface area contributed by atoms with E-state index in [2.05, 4.69) is 0 Å². The monoisotopic (exact) mass is 319 g/mol. The summed E-state index contributed by atoms with van der Waals surface area (Å²) in [4.78, 5) is 15.8. The molecule has 0 aromatic heterocycles. The van der Waals surface area contributed by atoms with Gasteiger partial charge in [-0.15, -0.1) is 0 Å². The molecule has 1 fully saturated rings. The van der Waals surface area contributed by atoms with Crippen LogP contribution in [0.15, 0.2) is 18.2 Å². The average molecular weight is 319 g/mol. The third kappa shape index (κ3) is 3.92. The van der Waals surface area contributed by atoms with Crippen molar-refractivity contribution in [2.45, 2.75) is 39.3 Å². The molecule has 1 aromatic carbocycles. The highest BCUT2D eigenvalue weighted by molar-refractivity contribution is 5.69. The second-order valence-electron chi connectivity index (χ2n) is 6.71. The van der Waals surface area contributed by atoms with Gasteiger partial charge in [0.2, 0.25) is 0 Å². The first kappa shape index (κ1) is 17.1. The molecule has 1 amide bonds. The van der Waals surface area contributed by atoms with Crippen molar-refractivity contribution in [3.63, 3.8) is 0 Å². The molecule has 0 N–H and O–H groups in total. The van der Waals surface area contributed by atoms with Crippen LogP contribution in [-0.4, -0.2) is 42.3 Å². The van der Waals surface area contributed by atoms with Gasteiger partial charge in [0, 0.05) is 25.7 Å². The molecular weight excluding hydrogens is 297 g/mol. The van der Waals surface area contributed by atoms with Crippen molar-refractivity contribution in [3.8, 4) is 6.07 Å². The molecule has 0 bridgehead atoms. The molecule has 1 saturated heterocycles. The van der Waals surface area contributed by atoms with Crippen molar-refractivity contribution < 1.29 is 13.9 Å². The Labute approximate surface area is 136 Å². The Morgan fingerprint density at radius 3 is 2.65 bits per heavy atom. The van der Waals surface area contributed by atoms with E-state index in [1.165, 1.54) is 6.07 Å². The van der Waals surface area contributed by atoms with Gasteiger partial charge in [0.15, 0.2) is 0 Å². The number of ether oxygens (including phenoxy) is 1. The van der Waals surface area contributed by atoms with E-state index in [9.17, 15) is 9.18 Å². The number of piperazine rings is 1. The fraction of sp³-hybridized carbons (Fsp3) is 0.529. The van der Waals surface area contributed by atoms with Gasteiger partial charge in [0.25, 0.3) is 0 Å². The number of carbonyl (C=O) groups excluding carboxylic acids is 1. The standard InChI is InChI=1S/C17H22FN3O2/c1-12-11-20(15-7-5-6-14(18)13(15)10-19)8-9-21(12)16(22)23-17(2,3)4/h5-7,12H,8-9,11H2,1-4H3/t12-/m0/s1. The zero-order valence-electron chi connectivity index (χ0n) is 14.0. The molecule has 1 aliphatic rings. The summed E-state index contributed by atoms with van der Waals surface area (Å²) in [5.41, 5.74) is 0.0819. The summed E-state index contributed by atoms with van der Waals surface area (Å²) in [6, 6.07) is 6.44. The Bertz CT molecular complexity index is 634. The minimum Gasteiger partial charge on any atom is -0.444 e. The highest BCUT2D eigenvalue weighted by Gasteiger charge is 2.31. The highest BCUT2D eigenvalue weighted by atomic mass is 19.1. The normalized spacial score (nSPS) is 18.5. The zero-order valence-corrected chi connectivity index (χ0v) is 14.0. The van der Waals surface area contributed by atoms with Crippen molar-refractivity contribution >= 4 is 11.8 Å². The molecule has 1 heterocycles. The van der Waals surface area contributed by atoms with Gasteiger partial charge in [-0.1, -0.05) is 6.07 Å². The maximum Gasteiger partial charge on any atom is 0.410 e. The lowest BCUT2D eigenvalue weighted by Crippen LogP contribution is -2.55. The number of benzene rings is 1. The van der Waals surface area contributed by atoms with E-state index < -0.39 is 11.4 Å². The molecule has 0 aliphatic carbocycles. The fourth-order valence-electron chi connectivity index (χ4n) is 2.66. The molecule has 23 heavy (non-hydrogen) atoms. The molecule has 124 valence electrons. The summed E-state index contributed by atoms with van der Waals surface area (Å²) < 4.78 is 19.2. The van der Waals surface area contributed by atoms with E-state index in [1.807, 2.05) is 38.7 Å². The van der Waals surface area contributed by atoms with Crippen molar-refractivity contribution in [2.24, 2.45) is 0 Å². The molecular formula is C17H22FN3O2. The van der Waals surface area contributed by atoms with E-state index >= 15 is 0 Å². The third-order valence-corrected chi connectivity index (χ3v) is 3.70. The van der Waals surface area contributed by atoms with Crippen LogP contribution in [0.5, 0.6) is 0 Å². The Balaban J connectivity index is 2.12. The number of rotatable bonds is 1. The number of amides is 1. The van der Waals surface area contributed by atoms with Crippen LogP contribution in [0.4, 0.5) is 14.9 Å². The van der Waals surface area contributed by atoms with Crippen LogP contribution >= 0.6 is 0 Å². The number of hydrogen-bond donors (Lipinski definition) is 0. The van der Waals surface area contributed by atoms with Crippen LogP contribution in [0, 0.1) is 17.1 Å². The molecule has 1 aliphatic heterocycles. The molecule has 5 nitrogen and oxygen atoms in total. The van der Waals surface area contributed by atoms with Crippen molar-refractivity contribution in [1.29, 1.82) is 5.26 Å². The number of nitriles is 1. The fourth-order valence-corrected chi connectivity index (χ4v) is 2.66. The van der Waals surface area contributed by atoms with E-state index in [1.54, 1.807) is 17.0 Å². The maximum absolute atomic E-state index is 13.8. The minimum atomic E-state index is -0.537. The van der Waals surface area contributed by atoms with Crippen molar-refractivity contribution in [2.75, 3.05) is 24.5 Å². The minimum absolute atomic E-state index is 0.0467. The Hall–Kier alpha value is -2.29. The second kappa shape index (κ2) is 6.45. The van der Waals surface area contributed by atoms with Gasteiger partial charge in [-0.3, -0.25) is 0 Å². The Morgan fingerprint density at radius 2 is 2.09 bits per heavy atom. The summed E-state index contributed by atoms with van der Waals surface area (Å²) in [6.07, 6.45) is -0.343. The second-order valence-corrected chi connectivity index (χ2v) is 6.71. The number of hydrogen-bond acceptors (Lipinski definition) is 4. The van der Waals surface area contributed by atoms with Crippen molar-refractivity contribution in [3.05, 3.63) is 29.6 Å².